The summed E-state index contributed by atoms with van der Waals surface area (Å²) < 4.78 is 5.41. The van der Waals surface area contributed by atoms with Crippen molar-refractivity contribution in [3.05, 3.63) is 35.9 Å². The molecule has 1 heterocycles. The van der Waals surface area contributed by atoms with Gasteiger partial charge in [-0.15, -0.1) is 0 Å². The van der Waals surface area contributed by atoms with Crippen LogP contribution in [0.4, 0.5) is 10.5 Å². The molecule has 0 saturated carbocycles. The summed E-state index contributed by atoms with van der Waals surface area (Å²) in [6.07, 6.45) is 2.39. The number of nitrogens with zero attached hydrogens (tertiary/aromatic N) is 1. The molecule has 2 rings (SSSR count). The van der Waals surface area contributed by atoms with Gasteiger partial charge >= 0.3 is 6.09 Å². The van der Waals surface area contributed by atoms with Crippen molar-refractivity contribution in [2.24, 2.45) is 0 Å². The monoisotopic (exact) mass is 245 g/mol. The molecule has 0 N–H and O–H groups in total. The second kappa shape index (κ2) is 4.48. The summed E-state index contributed by atoms with van der Waals surface area (Å²) in [6, 6.07) is 6.06. The van der Waals surface area contributed by atoms with Gasteiger partial charge in [-0.3, -0.25) is 4.90 Å². The van der Waals surface area contributed by atoms with Gasteiger partial charge in [-0.25, -0.2) is 4.79 Å². The molecular formula is C15H19NO2. The molecule has 0 atom stereocenters. The minimum atomic E-state index is -0.462. The molecule has 1 aromatic rings. The van der Waals surface area contributed by atoms with Gasteiger partial charge in [0.15, 0.2) is 0 Å². The van der Waals surface area contributed by atoms with Gasteiger partial charge in [-0.2, -0.15) is 0 Å². The maximum Gasteiger partial charge on any atom is 0.414 e. The smallest absolute Gasteiger partial charge is 0.414 e. The minimum absolute atomic E-state index is 0.275. The lowest BCUT2D eigenvalue weighted by Gasteiger charge is -2.24. The topological polar surface area (TPSA) is 29.5 Å². The third kappa shape index (κ3) is 2.55. The molecule has 0 spiro atoms. The highest BCUT2D eigenvalue weighted by Crippen LogP contribution is 2.30. The van der Waals surface area contributed by atoms with Crippen LogP contribution >= 0.6 is 0 Å². The molecule has 3 nitrogen and oxygen atoms in total. The van der Waals surface area contributed by atoms with Gasteiger partial charge in [0.25, 0.3) is 0 Å². The number of anilines is 1. The molecular weight excluding hydrogens is 226 g/mol. The molecule has 0 fully saturated rings. The summed E-state index contributed by atoms with van der Waals surface area (Å²) in [5.41, 5.74) is 2.69. The number of hydrogen-bond donors (Lipinski definition) is 0. The average Bonchev–Trinajstić information content (AvgIpc) is 2.69. The van der Waals surface area contributed by atoms with Crippen molar-refractivity contribution in [3.8, 4) is 0 Å². The Hall–Kier alpha value is -1.77. The van der Waals surface area contributed by atoms with Crippen molar-refractivity contribution < 1.29 is 9.53 Å². The molecule has 0 aliphatic carbocycles. The van der Waals surface area contributed by atoms with Gasteiger partial charge in [0, 0.05) is 6.54 Å². The Labute approximate surface area is 108 Å². The second-order valence-electron chi connectivity index (χ2n) is 5.47. The molecule has 0 radical (unpaired) electrons. The fourth-order valence-electron chi connectivity index (χ4n) is 2.03. The lowest BCUT2D eigenvalue weighted by molar-refractivity contribution is 0.0584. The minimum Gasteiger partial charge on any atom is -0.443 e. The summed E-state index contributed by atoms with van der Waals surface area (Å²) in [7, 11) is 0. The van der Waals surface area contributed by atoms with Crippen LogP contribution in [0.5, 0.6) is 0 Å². The molecule has 1 aliphatic heterocycles. The third-order valence-electron chi connectivity index (χ3n) is 2.85. The number of hydrogen-bond acceptors (Lipinski definition) is 2. The fourth-order valence-corrected chi connectivity index (χ4v) is 2.03. The first-order chi connectivity index (χ1) is 8.40. The van der Waals surface area contributed by atoms with Gasteiger partial charge in [0.1, 0.15) is 5.60 Å². The van der Waals surface area contributed by atoms with E-state index in [1.165, 1.54) is 5.56 Å². The van der Waals surface area contributed by atoms with Gasteiger partial charge in [0.2, 0.25) is 0 Å². The van der Waals surface area contributed by atoms with Crippen LogP contribution in [-0.4, -0.2) is 18.2 Å². The van der Waals surface area contributed by atoms with Gasteiger partial charge in [-0.05, 0) is 44.4 Å². The molecule has 0 unspecified atom stereocenters. The van der Waals surface area contributed by atoms with Gasteiger partial charge in [-0.1, -0.05) is 24.8 Å². The highest BCUT2D eigenvalue weighted by atomic mass is 16.6. The number of ether oxygens (including phenoxy) is 1. The molecule has 0 saturated heterocycles. The Bertz CT molecular complexity index is 486. The van der Waals surface area contributed by atoms with Crippen LogP contribution in [0.1, 0.15) is 31.9 Å². The van der Waals surface area contributed by atoms with E-state index in [9.17, 15) is 4.79 Å². The average molecular weight is 245 g/mol. The van der Waals surface area contributed by atoms with Crippen molar-refractivity contribution in [3.63, 3.8) is 0 Å². The number of carbonyl (C=O) groups is 1. The van der Waals surface area contributed by atoms with Crippen LogP contribution in [0.2, 0.25) is 0 Å². The van der Waals surface area contributed by atoms with E-state index in [0.29, 0.717) is 6.54 Å². The van der Waals surface area contributed by atoms with E-state index in [0.717, 1.165) is 17.7 Å². The summed E-state index contributed by atoms with van der Waals surface area (Å²) in [4.78, 5) is 13.8. The Morgan fingerprint density at radius 2 is 2.17 bits per heavy atom. The Morgan fingerprint density at radius 3 is 2.78 bits per heavy atom. The molecule has 96 valence electrons. The number of carbonyl (C=O) groups excluding carboxylic acids is 1. The van der Waals surface area contributed by atoms with E-state index in [4.69, 9.17) is 4.74 Å². The zero-order chi connectivity index (χ0) is 13.3. The molecule has 3 heteroatoms. The maximum absolute atomic E-state index is 12.1. The van der Waals surface area contributed by atoms with Crippen LogP contribution in [0, 0.1) is 0 Å². The zero-order valence-electron chi connectivity index (χ0n) is 11.2. The van der Waals surface area contributed by atoms with E-state index in [2.05, 4.69) is 12.6 Å². The number of fused-ring (bicyclic) bond motifs is 1. The molecule has 0 bridgehead atoms. The highest BCUT2D eigenvalue weighted by Gasteiger charge is 2.28. The predicted molar refractivity (Wildman–Crippen MR) is 73.8 cm³/mol. The van der Waals surface area contributed by atoms with E-state index >= 15 is 0 Å². The SMILES string of the molecule is C=Cc1ccc2c(c1)N(C(=O)OC(C)(C)C)CC2. The first kappa shape index (κ1) is 12.7. The fraction of sp³-hybridized carbons (Fsp3) is 0.400. The lowest BCUT2D eigenvalue weighted by atomic mass is 10.1. The first-order valence-electron chi connectivity index (χ1n) is 6.16. The van der Waals surface area contributed by atoms with Crippen molar-refractivity contribution in [2.75, 3.05) is 11.4 Å². The quantitative estimate of drug-likeness (QED) is 0.756. The summed E-state index contributed by atoms with van der Waals surface area (Å²) in [6.45, 7) is 10.1. The van der Waals surface area contributed by atoms with Crippen LogP contribution in [0.15, 0.2) is 24.8 Å². The van der Waals surface area contributed by atoms with Gasteiger partial charge < -0.3 is 4.74 Å². The standard InChI is InChI=1S/C15H19NO2/c1-5-11-6-7-12-8-9-16(13(12)10-11)14(17)18-15(2,3)4/h5-7,10H,1,8-9H2,2-4H3. The highest BCUT2D eigenvalue weighted by molar-refractivity contribution is 5.91. The molecule has 1 amide bonds. The molecule has 18 heavy (non-hydrogen) atoms. The Morgan fingerprint density at radius 1 is 1.44 bits per heavy atom. The van der Waals surface area contributed by atoms with E-state index in [1.807, 2.05) is 32.9 Å². The second-order valence-corrected chi connectivity index (χ2v) is 5.47. The zero-order valence-corrected chi connectivity index (χ0v) is 11.2. The van der Waals surface area contributed by atoms with Crippen molar-refractivity contribution in [2.45, 2.75) is 32.8 Å². The summed E-state index contributed by atoms with van der Waals surface area (Å²) in [5.74, 6) is 0. The van der Waals surface area contributed by atoms with E-state index in [-0.39, 0.29) is 6.09 Å². The predicted octanol–water partition coefficient (Wildman–Crippen LogP) is 3.63. The molecule has 1 aliphatic rings. The van der Waals surface area contributed by atoms with E-state index < -0.39 is 5.60 Å². The van der Waals surface area contributed by atoms with Gasteiger partial charge in [0.05, 0.1) is 5.69 Å². The van der Waals surface area contributed by atoms with Crippen molar-refractivity contribution in [1.82, 2.24) is 0 Å². The normalized spacial score (nSPS) is 14.3. The number of rotatable bonds is 1. The number of benzene rings is 1. The largest absolute Gasteiger partial charge is 0.443 e. The third-order valence-corrected chi connectivity index (χ3v) is 2.85. The Balaban J connectivity index is 2.25. The number of amides is 1. The molecule has 1 aromatic carbocycles. The summed E-state index contributed by atoms with van der Waals surface area (Å²) >= 11 is 0. The van der Waals surface area contributed by atoms with Crippen LogP contribution in [0.3, 0.4) is 0 Å². The molecule has 0 aromatic heterocycles. The summed E-state index contributed by atoms with van der Waals surface area (Å²) in [5, 5.41) is 0. The lowest BCUT2D eigenvalue weighted by Crippen LogP contribution is -2.35. The van der Waals surface area contributed by atoms with E-state index in [1.54, 1.807) is 11.0 Å². The van der Waals surface area contributed by atoms with Crippen molar-refractivity contribution in [1.29, 1.82) is 0 Å². The van der Waals surface area contributed by atoms with Crippen LogP contribution in [0.25, 0.3) is 6.08 Å². The van der Waals surface area contributed by atoms with Crippen LogP contribution in [-0.2, 0) is 11.2 Å². The van der Waals surface area contributed by atoms with Crippen LogP contribution < -0.4 is 4.90 Å². The maximum atomic E-state index is 12.1. The van der Waals surface area contributed by atoms with Crippen molar-refractivity contribution >= 4 is 17.9 Å². The first-order valence-corrected chi connectivity index (χ1v) is 6.16. The Kier molecular flexibility index (Phi) is 3.16.